The van der Waals surface area contributed by atoms with Gasteiger partial charge < -0.3 is 10.4 Å². The average Bonchev–Trinajstić information content (AvgIpc) is 1.99. The summed E-state index contributed by atoms with van der Waals surface area (Å²) in [6.07, 6.45) is 6.16. The SMILES string of the molecule is C#CC(=O)NC(C=C)CO. The van der Waals surface area contributed by atoms with Crippen LogP contribution in [0.25, 0.3) is 0 Å². The second-order valence-corrected chi connectivity index (χ2v) is 1.64. The molecule has 0 aromatic rings. The van der Waals surface area contributed by atoms with Crippen molar-refractivity contribution >= 4 is 5.91 Å². The van der Waals surface area contributed by atoms with Crippen molar-refractivity contribution in [2.24, 2.45) is 0 Å². The lowest BCUT2D eigenvalue weighted by atomic mass is 10.3. The topological polar surface area (TPSA) is 49.3 Å². The summed E-state index contributed by atoms with van der Waals surface area (Å²) < 4.78 is 0. The Bertz CT molecular complexity index is 169. The summed E-state index contributed by atoms with van der Waals surface area (Å²) in [5.41, 5.74) is 0. The van der Waals surface area contributed by atoms with Crippen LogP contribution in [-0.4, -0.2) is 23.7 Å². The lowest BCUT2D eigenvalue weighted by Crippen LogP contribution is -2.34. The van der Waals surface area contributed by atoms with Crippen molar-refractivity contribution in [1.29, 1.82) is 0 Å². The molecule has 0 aromatic carbocycles. The number of nitrogens with one attached hydrogen (secondary N) is 1. The number of terminal acetylenes is 1. The maximum Gasteiger partial charge on any atom is 0.296 e. The van der Waals surface area contributed by atoms with E-state index in [-0.39, 0.29) is 6.61 Å². The number of carbonyl (C=O) groups excluding carboxylic acids is 1. The molecule has 10 heavy (non-hydrogen) atoms. The molecule has 0 rings (SSSR count). The quantitative estimate of drug-likeness (QED) is 0.400. The minimum atomic E-state index is -0.543. The molecule has 3 heteroatoms. The summed E-state index contributed by atoms with van der Waals surface area (Å²) in [6, 6.07) is -0.441. The smallest absolute Gasteiger partial charge is 0.296 e. The van der Waals surface area contributed by atoms with Crippen LogP contribution in [0.2, 0.25) is 0 Å². The van der Waals surface area contributed by atoms with Crippen molar-refractivity contribution in [1.82, 2.24) is 5.32 Å². The van der Waals surface area contributed by atoms with E-state index in [1.165, 1.54) is 6.08 Å². The molecular formula is C7H9NO2. The van der Waals surface area contributed by atoms with Gasteiger partial charge in [0.2, 0.25) is 0 Å². The number of hydrogen-bond acceptors (Lipinski definition) is 2. The maximum absolute atomic E-state index is 10.4. The molecule has 0 spiro atoms. The Morgan fingerprint density at radius 2 is 2.60 bits per heavy atom. The van der Waals surface area contributed by atoms with Crippen LogP contribution >= 0.6 is 0 Å². The molecule has 1 atom stereocenters. The summed E-state index contributed by atoms with van der Waals surface area (Å²) >= 11 is 0. The molecule has 3 nitrogen and oxygen atoms in total. The third-order valence-electron chi connectivity index (χ3n) is 0.929. The third-order valence-corrected chi connectivity index (χ3v) is 0.929. The van der Waals surface area contributed by atoms with Crippen molar-refractivity contribution in [2.45, 2.75) is 6.04 Å². The van der Waals surface area contributed by atoms with Gasteiger partial charge in [-0.2, -0.15) is 0 Å². The summed E-state index contributed by atoms with van der Waals surface area (Å²) in [4.78, 5) is 10.4. The fourth-order valence-electron chi connectivity index (χ4n) is 0.389. The van der Waals surface area contributed by atoms with Crippen molar-refractivity contribution in [2.75, 3.05) is 6.61 Å². The fraction of sp³-hybridized carbons (Fsp3) is 0.286. The van der Waals surface area contributed by atoms with Gasteiger partial charge in [0.25, 0.3) is 5.91 Å². The molecule has 0 radical (unpaired) electrons. The van der Waals surface area contributed by atoms with Crippen LogP contribution in [0.15, 0.2) is 12.7 Å². The molecule has 0 aliphatic rings. The third kappa shape index (κ3) is 2.90. The Hall–Kier alpha value is -1.27. The molecule has 1 amide bonds. The van der Waals surface area contributed by atoms with Gasteiger partial charge in [-0.05, 0) is 5.92 Å². The van der Waals surface area contributed by atoms with Crippen molar-refractivity contribution < 1.29 is 9.90 Å². The second kappa shape index (κ2) is 4.59. The molecule has 0 fully saturated rings. The van der Waals surface area contributed by atoms with Gasteiger partial charge in [0.15, 0.2) is 0 Å². The largest absolute Gasteiger partial charge is 0.394 e. The van der Waals surface area contributed by atoms with Crippen LogP contribution < -0.4 is 5.32 Å². The number of carbonyl (C=O) groups is 1. The second-order valence-electron chi connectivity index (χ2n) is 1.64. The molecule has 0 heterocycles. The van der Waals surface area contributed by atoms with Crippen LogP contribution in [0.3, 0.4) is 0 Å². The summed E-state index contributed by atoms with van der Waals surface area (Å²) in [6.45, 7) is 3.19. The molecule has 0 saturated heterocycles. The lowest BCUT2D eigenvalue weighted by molar-refractivity contribution is -0.116. The Morgan fingerprint density at radius 1 is 2.00 bits per heavy atom. The van der Waals surface area contributed by atoms with Crippen LogP contribution in [-0.2, 0) is 4.79 Å². The van der Waals surface area contributed by atoms with E-state index < -0.39 is 11.9 Å². The molecule has 2 N–H and O–H groups in total. The number of hydrogen-bond donors (Lipinski definition) is 2. The monoisotopic (exact) mass is 139 g/mol. The minimum absolute atomic E-state index is 0.184. The minimum Gasteiger partial charge on any atom is -0.394 e. The molecule has 0 aliphatic heterocycles. The number of rotatable bonds is 3. The first-order valence-electron chi connectivity index (χ1n) is 2.75. The van der Waals surface area contributed by atoms with Gasteiger partial charge in [0, 0.05) is 0 Å². The van der Waals surface area contributed by atoms with Crippen LogP contribution in [0.4, 0.5) is 0 Å². The van der Waals surface area contributed by atoms with Crippen LogP contribution in [0, 0.1) is 12.3 Å². The Labute approximate surface area is 59.7 Å². The van der Waals surface area contributed by atoms with E-state index in [0.717, 1.165) is 0 Å². The molecule has 0 bridgehead atoms. The van der Waals surface area contributed by atoms with E-state index >= 15 is 0 Å². The van der Waals surface area contributed by atoms with E-state index in [9.17, 15) is 4.79 Å². The predicted molar refractivity (Wildman–Crippen MR) is 38.0 cm³/mol. The van der Waals surface area contributed by atoms with E-state index in [4.69, 9.17) is 11.5 Å². The summed E-state index contributed by atoms with van der Waals surface area (Å²) in [5.74, 6) is 1.31. The van der Waals surface area contributed by atoms with Gasteiger partial charge >= 0.3 is 0 Å². The summed E-state index contributed by atoms with van der Waals surface area (Å²) in [7, 11) is 0. The van der Waals surface area contributed by atoms with E-state index in [1.54, 1.807) is 0 Å². The maximum atomic E-state index is 10.4. The van der Waals surface area contributed by atoms with Crippen molar-refractivity contribution in [3.63, 3.8) is 0 Å². The first-order chi connectivity index (χ1) is 4.74. The molecule has 0 aliphatic carbocycles. The molecule has 0 saturated carbocycles. The highest BCUT2D eigenvalue weighted by Gasteiger charge is 2.02. The number of amides is 1. The molecule has 1 unspecified atom stereocenters. The number of aliphatic hydroxyl groups is 1. The van der Waals surface area contributed by atoms with Gasteiger partial charge in [-0.3, -0.25) is 4.79 Å². The van der Waals surface area contributed by atoms with Crippen LogP contribution in [0.5, 0.6) is 0 Å². The van der Waals surface area contributed by atoms with Gasteiger partial charge in [0.05, 0.1) is 12.6 Å². The molecular weight excluding hydrogens is 130 g/mol. The highest BCUT2D eigenvalue weighted by molar-refractivity contribution is 5.93. The van der Waals surface area contributed by atoms with Gasteiger partial charge in [-0.1, -0.05) is 6.08 Å². The van der Waals surface area contributed by atoms with E-state index in [0.29, 0.717) is 0 Å². The van der Waals surface area contributed by atoms with Crippen molar-refractivity contribution in [3.05, 3.63) is 12.7 Å². The first-order valence-corrected chi connectivity index (χ1v) is 2.75. The van der Waals surface area contributed by atoms with Crippen molar-refractivity contribution in [3.8, 4) is 12.3 Å². The lowest BCUT2D eigenvalue weighted by Gasteiger charge is -2.07. The van der Waals surface area contributed by atoms with Gasteiger partial charge in [-0.25, -0.2) is 0 Å². The molecule has 0 aromatic heterocycles. The summed E-state index contributed by atoms with van der Waals surface area (Å²) in [5, 5.41) is 10.8. The Kier molecular flexibility index (Phi) is 4.01. The Balaban J connectivity index is 3.76. The number of aliphatic hydroxyl groups excluding tert-OH is 1. The Morgan fingerprint density at radius 3 is 2.90 bits per heavy atom. The first kappa shape index (κ1) is 8.73. The predicted octanol–water partition coefficient (Wildman–Crippen LogP) is -0.717. The molecule has 54 valence electrons. The fourth-order valence-corrected chi connectivity index (χ4v) is 0.389. The van der Waals surface area contributed by atoms with Gasteiger partial charge in [-0.15, -0.1) is 13.0 Å². The van der Waals surface area contributed by atoms with E-state index in [1.807, 2.05) is 5.92 Å². The van der Waals surface area contributed by atoms with E-state index in [2.05, 4.69) is 11.9 Å². The highest BCUT2D eigenvalue weighted by atomic mass is 16.3. The normalized spacial score (nSPS) is 11.2. The zero-order chi connectivity index (χ0) is 7.98. The van der Waals surface area contributed by atoms with Crippen LogP contribution in [0.1, 0.15) is 0 Å². The highest BCUT2D eigenvalue weighted by Crippen LogP contribution is 1.80. The standard InChI is InChI=1S/C7H9NO2/c1-3-6(5-9)8-7(10)4-2/h2-3,6,9H,1,5H2,(H,8,10). The zero-order valence-electron chi connectivity index (χ0n) is 5.50. The average molecular weight is 139 g/mol. The van der Waals surface area contributed by atoms with Gasteiger partial charge in [0.1, 0.15) is 0 Å². The zero-order valence-corrected chi connectivity index (χ0v) is 5.50.